The van der Waals surface area contributed by atoms with Gasteiger partial charge in [0, 0.05) is 18.9 Å². The van der Waals surface area contributed by atoms with E-state index in [9.17, 15) is 9.90 Å². The van der Waals surface area contributed by atoms with Crippen molar-refractivity contribution in [2.45, 2.75) is 19.4 Å². The number of benzene rings is 1. The standard InChI is InChI=1S/C18H23NO5/c1-10(2)13(20)9-12-16(23-5)11-7-8-14(22-4)17(24-6)15(11)19(3)18(12)21/h7-8,13,20H,1,9H2,2-6H3. The van der Waals surface area contributed by atoms with Gasteiger partial charge in [-0.05, 0) is 19.1 Å². The molecule has 0 aliphatic heterocycles. The van der Waals surface area contributed by atoms with E-state index in [1.54, 1.807) is 20.0 Å². The molecule has 0 aliphatic rings. The van der Waals surface area contributed by atoms with Gasteiger partial charge in [-0.25, -0.2) is 0 Å². The normalized spacial score (nSPS) is 12.1. The molecular weight excluding hydrogens is 310 g/mol. The number of aliphatic hydroxyl groups excluding tert-OH is 1. The number of pyridine rings is 1. The van der Waals surface area contributed by atoms with Crippen molar-refractivity contribution in [3.05, 3.63) is 40.2 Å². The molecule has 0 amide bonds. The third-order valence-corrected chi connectivity index (χ3v) is 4.11. The number of aryl methyl sites for hydroxylation is 1. The number of nitrogens with zero attached hydrogens (tertiary/aromatic N) is 1. The highest BCUT2D eigenvalue weighted by atomic mass is 16.5. The molecule has 0 bridgehead atoms. The smallest absolute Gasteiger partial charge is 0.257 e. The number of rotatable bonds is 6. The maximum atomic E-state index is 12.8. The van der Waals surface area contributed by atoms with Gasteiger partial charge < -0.3 is 23.9 Å². The summed E-state index contributed by atoms with van der Waals surface area (Å²) in [6, 6.07) is 3.57. The number of ether oxygens (including phenoxy) is 3. The van der Waals surface area contributed by atoms with Crippen LogP contribution >= 0.6 is 0 Å². The van der Waals surface area contributed by atoms with Crippen molar-refractivity contribution in [3.8, 4) is 17.2 Å². The van der Waals surface area contributed by atoms with Gasteiger partial charge in [-0.15, -0.1) is 0 Å². The van der Waals surface area contributed by atoms with Crippen LogP contribution in [0.15, 0.2) is 29.1 Å². The Kier molecular flexibility index (Phi) is 5.19. The number of methoxy groups -OCH3 is 3. The van der Waals surface area contributed by atoms with Gasteiger partial charge in [-0.3, -0.25) is 4.79 Å². The lowest BCUT2D eigenvalue weighted by molar-refractivity contribution is 0.210. The molecule has 2 rings (SSSR count). The highest BCUT2D eigenvalue weighted by Crippen LogP contribution is 2.39. The highest BCUT2D eigenvalue weighted by molar-refractivity contribution is 5.93. The van der Waals surface area contributed by atoms with Crippen molar-refractivity contribution in [2.75, 3.05) is 21.3 Å². The molecule has 2 aromatic rings. The second kappa shape index (κ2) is 6.97. The van der Waals surface area contributed by atoms with E-state index in [1.807, 2.05) is 6.07 Å². The Morgan fingerprint density at radius 2 is 1.83 bits per heavy atom. The monoisotopic (exact) mass is 333 g/mol. The summed E-state index contributed by atoms with van der Waals surface area (Å²) < 4.78 is 17.7. The molecule has 0 spiro atoms. The van der Waals surface area contributed by atoms with Crippen LogP contribution in [-0.2, 0) is 13.5 Å². The van der Waals surface area contributed by atoms with Crippen molar-refractivity contribution in [1.29, 1.82) is 0 Å². The average Bonchev–Trinajstić information content (AvgIpc) is 2.58. The molecule has 6 nitrogen and oxygen atoms in total. The fourth-order valence-corrected chi connectivity index (χ4v) is 2.77. The van der Waals surface area contributed by atoms with E-state index in [0.717, 1.165) is 0 Å². The molecule has 130 valence electrons. The third-order valence-electron chi connectivity index (χ3n) is 4.11. The van der Waals surface area contributed by atoms with Crippen molar-refractivity contribution in [2.24, 2.45) is 7.05 Å². The molecule has 1 heterocycles. The van der Waals surface area contributed by atoms with E-state index in [4.69, 9.17) is 14.2 Å². The minimum Gasteiger partial charge on any atom is -0.496 e. The van der Waals surface area contributed by atoms with Crippen molar-refractivity contribution in [3.63, 3.8) is 0 Å². The Morgan fingerprint density at radius 3 is 2.33 bits per heavy atom. The first-order chi connectivity index (χ1) is 11.4. The Hall–Kier alpha value is -2.47. The van der Waals surface area contributed by atoms with Crippen molar-refractivity contribution < 1.29 is 19.3 Å². The second-order valence-corrected chi connectivity index (χ2v) is 5.64. The summed E-state index contributed by atoms with van der Waals surface area (Å²) in [6.45, 7) is 5.45. The lowest BCUT2D eigenvalue weighted by atomic mass is 10.0. The SMILES string of the molecule is C=C(C)C(O)Cc1c(OC)c2ccc(OC)c(OC)c2n(C)c1=O. The zero-order chi connectivity index (χ0) is 18.0. The van der Waals surface area contributed by atoms with Gasteiger partial charge in [0.25, 0.3) is 5.56 Å². The zero-order valence-electron chi connectivity index (χ0n) is 14.7. The van der Waals surface area contributed by atoms with Gasteiger partial charge in [0.05, 0.1) is 33.0 Å². The van der Waals surface area contributed by atoms with Crippen LogP contribution in [0.5, 0.6) is 17.2 Å². The van der Waals surface area contributed by atoms with Crippen molar-refractivity contribution in [1.82, 2.24) is 4.57 Å². The number of hydrogen-bond acceptors (Lipinski definition) is 5. The largest absolute Gasteiger partial charge is 0.496 e. The Bertz CT molecular complexity index is 838. The summed E-state index contributed by atoms with van der Waals surface area (Å²) in [4.78, 5) is 12.8. The van der Waals surface area contributed by atoms with Crippen LogP contribution in [0.2, 0.25) is 0 Å². The van der Waals surface area contributed by atoms with E-state index in [-0.39, 0.29) is 12.0 Å². The minimum absolute atomic E-state index is 0.134. The lowest BCUT2D eigenvalue weighted by Gasteiger charge is -2.19. The predicted octanol–water partition coefficient (Wildman–Crippen LogP) is 2.04. The topological polar surface area (TPSA) is 69.9 Å². The molecule has 0 saturated heterocycles. The minimum atomic E-state index is -0.816. The average molecular weight is 333 g/mol. The van der Waals surface area contributed by atoms with Crippen LogP contribution in [0, 0.1) is 0 Å². The number of aliphatic hydroxyl groups is 1. The highest BCUT2D eigenvalue weighted by Gasteiger charge is 2.22. The van der Waals surface area contributed by atoms with E-state index < -0.39 is 6.10 Å². The molecule has 6 heteroatoms. The maximum Gasteiger partial charge on any atom is 0.257 e. The molecule has 0 fully saturated rings. The molecule has 1 N–H and O–H groups in total. The molecule has 1 unspecified atom stereocenters. The summed E-state index contributed by atoms with van der Waals surface area (Å²) >= 11 is 0. The van der Waals surface area contributed by atoms with Gasteiger partial charge in [-0.2, -0.15) is 0 Å². The summed E-state index contributed by atoms with van der Waals surface area (Å²) in [6.07, 6.45) is -0.681. The molecule has 24 heavy (non-hydrogen) atoms. The maximum absolute atomic E-state index is 12.8. The van der Waals surface area contributed by atoms with E-state index in [1.165, 1.54) is 25.9 Å². The number of hydrogen-bond donors (Lipinski definition) is 1. The molecule has 1 atom stereocenters. The molecule has 1 aromatic heterocycles. The van der Waals surface area contributed by atoms with Gasteiger partial charge in [0.2, 0.25) is 0 Å². The van der Waals surface area contributed by atoms with Crippen molar-refractivity contribution >= 4 is 10.9 Å². The summed E-state index contributed by atoms with van der Waals surface area (Å²) in [7, 11) is 6.22. The number of aromatic nitrogens is 1. The van der Waals surface area contributed by atoms with Gasteiger partial charge in [0.15, 0.2) is 11.5 Å². The first kappa shape index (κ1) is 17.9. The first-order valence-corrected chi connectivity index (χ1v) is 7.51. The van der Waals surface area contributed by atoms with E-state index >= 15 is 0 Å². The molecular formula is C18H23NO5. The van der Waals surface area contributed by atoms with Crippen LogP contribution < -0.4 is 19.8 Å². The van der Waals surface area contributed by atoms with Crippen LogP contribution in [0.25, 0.3) is 10.9 Å². The predicted molar refractivity (Wildman–Crippen MR) is 93.4 cm³/mol. The van der Waals surface area contributed by atoms with Crippen LogP contribution in [0.3, 0.4) is 0 Å². The molecule has 0 radical (unpaired) electrons. The molecule has 1 aromatic carbocycles. The molecule has 0 saturated carbocycles. The zero-order valence-corrected chi connectivity index (χ0v) is 14.7. The van der Waals surface area contributed by atoms with Gasteiger partial charge >= 0.3 is 0 Å². The Labute approximate surface area is 140 Å². The Morgan fingerprint density at radius 1 is 1.21 bits per heavy atom. The molecule has 0 aliphatic carbocycles. The van der Waals surface area contributed by atoms with Crippen LogP contribution in [-0.4, -0.2) is 37.1 Å². The second-order valence-electron chi connectivity index (χ2n) is 5.64. The van der Waals surface area contributed by atoms with Gasteiger partial charge in [0.1, 0.15) is 11.3 Å². The van der Waals surface area contributed by atoms with Crippen LogP contribution in [0.1, 0.15) is 12.5 Å². The summed E-state index contributed by atoms with van der Waals surface area (Å²) in [5.41, 5.74) is 1.31. The summed E-state index contributed by atoms with van der Waals surface area (Å²) in [5, 5.41) is 10.8. The quantitative estimate of drug-likeness (QED) is 0.819. The number of fused-ring (bicyclic) bond motifs is 1. The van der Waals surface area contributed by atoms with Crippen LogP contribution in [0.4, 0.5) is 0 Å². The van der Waals surface area contributed by atoms with E-state index in [2.05, 4.69) is 6.58 Å². The van der Waals surface area contributed by atoms with E-state index in [0.29, 0.717) is 39.3 Å². The fourth-order valence-electron chi connectivity index (χ4n) is 2.77. The lowest BCUT2D eigenvalue weighted by Crippen LogP contribution is -2.26. The fraction of sp³-hybridized carbons (Fsp3) is 0.389. The third kappa shape index (κ3) is 2.85. The Balaban J connectivity index is 2.87. The summed E-state index contributed by atoms with van der Waals surface area (Å²) in [5.74, 6) is 1.41. The first-order valence-electron chi connectivity index (χ1n) is 7.51. The van der Waals surface area contributed by atoms with Gasteiger partial charge in [-0.1, -0.05) is 12.2 Å².